The predicted octanol–water partition coefficient (Wildman–Crippen LogP) is 5.97. The minimum Gasteiger partial charge on any atom is -0.480 e. The summed E-state index contributed by atoms with van der Waals surface area (Å²) in [6, 6.07) is 29.6. The highest BCUT2D eigenvalue weighted by atomic mass is 127. The summed E-state index contributed by atoms with van der Waals surface area (Å²) in [6.07, 6.45) is -0.598. The van der Waals surface area contributed by atoms with Crippen molar-refractivity contribution in [1.82, 2.24) is 10.2 Å². The predicted molar refractivity (Wildman–Crippen MR) is 170 cm³/mol. The number of carbonyl (C=O) groups is 3. The maximum absolute atomic E-state index is 12.9. The first kappa shape index (κ1) is 29.3. The Morgan fingerprint density at radius 1 is 0.905 bits per heavy atom. The number of halogens is 1. The number of anilines is 1. The number of nitrogens with one attached hydrogen (secondary N) is 2. The van der Waals surface area contributed by atoms with Crippen LogP contribution in [-0.4, -0.2) is 54.2 Å². The Morgan fingerprint density at radius 2 is 1.52 bits per heavy atom. The van der Waals surface area contributed by atoms with Gasteiger partial charge in [0, 0.05) is 28.1 Å². The zero-order valence-electron chi connectivity index (χ0n) is 22.9. The third-order valence-electron chi connectivity index (χ3n) is 7.20. The van der Waals surface area contributed by atoms with Crippen molar-refractivity contribution in [3.05, 3.63) is 123 Å². The molecule has 214 valence electrons. The Kier molecular flexibility index (Phi) is 9.19. The molecule has 0 bridgehead atoms. The fourth-order valence-electron chi connectivity index (χ4n) is 5.20. The van der Waals surface area contributed by atoms with Crippen molar-refractivity contribution in [3.63, 3.8) is 0 Å². The van der Waals surface area contributed by atoms with Crippen LogP contribution in [0.3, 0.4) is 0 Å². The van der Waals surface area contributed by atoms with Gasteiger partial charge in [-0.1, -0.05) is 78.9 Å². The van der Waals surface area contributed by atoms with Crippen LogP contribution < -0.4 is 10.6 Å². The SMILES string of the molecule is CN(Cc1ccccc1)CC(NC(=O)c1ccc(NC(=O)OCC2c3ccccc3-c3ccccc32)c(I)c1)C(=O)O. The number of carboxylic acid groups (broad SMARTS) is 1. The molecule has 0 saturated carbocycles. The van der Waals surface area contributed by atoms with Crippen molar-refractivity contribution < 1.29 is 24.2 Å². The summed E-state index contributed by atoms with van der Waals surface area (Å²) in [4.78, 5) is 39.4. The number of aliphatic carboxylic acids is 1. The average Bonchev–Trinajstić information content (AvgIpc) is 3.30. The van der Waals surface area contributed by atoms with Crippen LogP contribution in [-0.2, 0) is 16.1 Å². The molecule has 0 aromatic heterocycles. The molecule has 0 heterocycles. The molecule has 0 fully saturated rings. The third-order valence-corrected chi connectivity index (χ3v) is 8.10. The lowest BCUT2D eigenvalue weighted by Gasteiger charge is -2.22. The number of carboxylic acids is 1. The standard InChI is InChI=1S/C33H30IN3O5/c1-37(18-21-9-3-2-4-10-21)19-30(32(39)40)35-31(38)22-15-16-29(28(34)17-22)36-33(41)42-20-27-25-13-7-5-11-23(25)24-12-6-8-14-26(24)27/h2-17,27,30H,18-20H2,1H3,(H,35,38)(H,36,41)(H,39,40). The number of likely N-dealkylation sites (N-methyl/N-ethyl adjacent to an activating group) is 1. The molecule has 5 rings (SSSR count). The molecule has 1 aliphatic carbocycles. The molecule has 0 saturated heterocycles. The number of benzene rings is 4. The summed E-state index contributed by atoms with van der Waals surface area (Å²) in [5, 5.41) is 15.1. The van der Waals surface area contributed by atoms with Crippen molar-refractivity contribution in [1.29, 1.82) is 0 Å². The minimum absolute atomic E-state index is 0.0535. The van der Waals surface area contributed by atoms with Crippen LogP contribution in [0.2, 0.25) is 0 Å². The second kappa shape index (κ2) is 13.2. The minimum atomic E-state index is -1.12. The van der Waals surface area contributed by atoms with Crippen LogP contribution in [0.4, 0.5) is 10.5 Å². The Labute approximate surface area is 257 Å². The van der Waals surface area contributed by atoms with E-state index >= 15 is 0 Å². The normalized spacial score (nSPS) is 12.7. The van der Waals surface area contributed by atoms with E-state index in [4.69, 9.17) is 4.74 Å². The van der Waals surface area contributed by atoms with Gasteiger partial charge >= 0.3 is 12.1 Å². The van der Waals surface area contributed by atoms with Crippen molar-refractivity contribution in [2.45, 2.75) is 18.5 Å². The second-order valence-corrected chi connectivity index (χ2v) is 11.4. The summed E-state index contributed by atoms with van der Waals surface area (Å²) >= 11 is 2.02. The lowest BCUT2D eigenvalue weighted by molar-refractivity contribution is -0.139. The second-order valence-electron chi connectivity index (χ2n) is 10.2. The van der Waals surface area contributed by atoms with E-state index < -0.39 is 24.0 Å². The molecule has 3 N–H and O–H groups in total. The van der Waals surface area contributed by atoms with Crippen LogP contribution in [0.1, 0.15) is 33.0 Å². The van der Waals surface area contributed by atoms with Crippen LogP contribution in [0, 0.1) is 3.57 Å². The first-order valence-corrected chi connectivity index (χ1v) is 14.6. The number of nitrogens with zero attached hydrogens (tertiary/aromatic N) is 1. The van der Waals surface area contributed by atoms with Gasteiger partial charge in [0.1, 0.15) is 12.6 Å². The van der Waals surface area contributed by atoms with Crippen molar-refractivity contribution >= 4 is 46.2 Å². The molecule has 9 heteroatoms. The molecule has 0 aliphatic heterocycles. The van der Waals surface area contributed by atoms with E-state index in [2.05, 4.69) is 34.9 Å². The Morgan fingerprint density at radius 3 is 2.14 bits per heavy atom. The molecule has 0 spiro atoms. The number of carbonyl (C=O) groups excluding carboxylic acids is 2. The molecule has 1 atom stereocenters. The van der Waals surface area contributed by atoms with E-state index in [1.165, 1.54) is 0 Å². The van der Waals surface area contributed by atoms with Gasteiger partial charge in [-0.2, -0.15) is 0 Å². The quantitative estimate of drug-likeness (QED) is 0.179. The molecule has 2 amide bonds. The van der Waals surface area contributed by atoms with Gasteiger partial charge in [-0.3, -0.25) is 15.0 Å². The fraction of sp³-hybridized carbons (Fsp3) is 0.182. The van der Waals surface area contributed by atoms with E-state index in [9.17, 15) is 19.5 Å². The third kappa shape index (κ3) is 6.80. The van der Waals surface area contributed by atoms with Gasteiger partial charge in [0.05, 0.1) is 5.69 Å². The maximum Gasteiger partial charge on any atom is 0.411 e. The number of hydrogen-bond donors (Lipinski definition) is 3. The van der Waals surface area contributed by atoms with Gasteiger partial charge in [0.15, 0.2) is 0 Å². The number of amides is 2. The van der Waals surface area contributed by atoms with Gasteiger partial charge in [0.2, 0.25) is 0 Å². The van der Waals surface area contributed by atoms with E-state index in [1.54, 1.807) is 18.2 Å². The van der Waals surface area contributed by atoms with E-state index in [0.29, 0.717) is 15.8 Å². The van der Waals surface area contributed by atoms with Crippen LogP contribution >= 0.6 is 22.6 Å². The molecule has 0 radical (unpaired) electrons. The van der Waals surface area contributed by atoms with Crippen LogP contribution in [0.5, 0.6) is 0 Å². The summed E-state index contributed by atoms with van der Waals surface area (Å²) < 4.78 is 6.25. The van der Waals surface area contributed by atoms with Gasteiger partial charge in [0.25, 0.3) is 5.91 Å². The summed E-state index contributed by atoms with van der Waals surface area (Å²) in [6.45, 7) is 0.870. The van der Waals surface area contributed by atoms with E-state index in [0.717, 1.165) is 27.8 Å². The van der Waals surface area contributed by atoms with E-state index in [1.807, 2.05) is 89.1 Å². The molecule has 42 heavy (non-hydrogen) atoms. The van der Waals surface area contributed by atoms with Crippen molar-refractivity contribution in [2.24, 2.45) is 0 Å². The number of ether oxygens (including phenoxy) is 1. The lowest BCUT2D eigenvalue weighted by atomic mass is 9.98. The number of fused-ring (bicyclic) bond motifs is 3. The highest BCUT2D eigenvalue weighted by Gasteiger charge is 2.29. The molecular formula is C33H30IN3O5. The molecular weight excluding hydrogens is 645 g/mol. The molecule has 4 aromatic rings. The monoisotopic (exact) mass is 675 g/mol. The molecule has 8 nitrogen and oxygen atoms in total. The Balaban J connectivity index is 1.17. The summed E-state index contributed by atoms with van der Waals surface area (Å²) in [7, 11) is 1.81. The first-order valence-electron chi connectivity index (χ1n) is 13.5. The van der Waals surface area contributed by atoms with E-state index in [-0.39, 0.29) is 24.6 Å². The van der Waals surface area contributed by atoms with Gasteiger partial charge in [-0.15, -0.1) is 0 Å². The fourth-order valence-corrected chi connectivity index (χ4v) is 5.85. The summed E-state index contributed by atoms with van der Waals surface area (Å²) in [5.41, 5.74) is 6.38. The largest absolute Gasteiger partial charge is 0.480 e. The lowest BCUT2D eigenvalue weighted by Crippen LogP contribution is -2.47. The number of rotatable bonds is 10. The maximum atomic E-state index is 12.9. The van der Waals surface area contributed by atoms with Crippen LogP contribution in [0.25, 0.3) is 11.1 Å². The first-order chi connectivity index (χ1) is 20.3. The molecule has 1 aliphatic rings. The zero-order chi connectivity index (χ0) is 29.6. The van der Waals surface area contributed by atoms with Crippen molar-refractivity contribution in [3.8, 4) is 11.1 Å². The highest BCUT2D eigenvalue weighted by Crippen LogP contribution is 2.44. The molecule has 1 unspecified atom stereocenters. The highest BCUT2D eigenvalue weighted by molar-refractivity contribution is 14.1. The van der Waals surface area contributed by atoms with Gasteiger partial charge in [-0.05, 0) is 75.7 Å². The molecule has 4 aromatic carbocycles. The average molecular weight is 676 g/mol. The number of hydrogen-bond acceptors (Lipinski definition) is 5. The van der Waals surface area contributed by atoms with Gasteiger partial charge in [-0.25, -0.2) is 9.59 Å². The topological polar surface area (TPSA) is 108 Å². The van der Waals surface area contributed by atoms with Crippen LogP contribution in [0.15, 0.2) is 97.1 Å². The van der Waals surface area contributed by atoms with Crippen molar-refractivity contribution in [2.75, 3.05) is 25.5 Å². The van der Waals surface area contributed by atoms with Gasteiger partial charge < -0.3 is 15.2 Å². The Hall–Kier alpha value is -4.22. The zero-order valence-corrected chi connectivity index (χ0v) is 25.1. The summed E-state index contributed by atoms with van der Waals surface area (Å²) in [5.74, 6) is -1.69. The smallest absolute Gasteiger partial charge is 0.411 e. The Bertz CT molecular complexity index is 1570.